The van der Waals surface area contributed by atoms with Gasteiger partial charge in [-0.1, -0.05) is 20.4 Å². The van der Waals surface area contributed by atoms with E-state index in [0.29, 0.717) is 28.3 Å². The van der Waals surface area contributed by atoms with Gasteiger partial charge in [0.1, 0.15) is 35.4 Å². The Morgan fingerprint density at radius 2 is 2.02 bits per heavy atom. The van der Waals surface area contributed by atoms with E-state index in [1.807, 2.05) is 17.6 Å². The smallest absolute Gasteiger partial charge is 0.243 e. The minimum Gasteiger partial charge on any atom is -0.490 e. The van der Waals surface area contributed by atoms with Gasteiger partial charge in [-0.15, -0.1) is 11.3 Å². The number of H-pyrrole nitrogens is 1. The van der Waals surface area contributed by atoms with Crippen molar-refractivity contribution in [3.8, 4) is 39.5 Å². The fraction of sp³-hybridized carbons (Fsp3) is 0.314. The van der Waals surface area contributed by atoms with Gasteiger partial charge >= 0.3 is 0 Å². The zero-order chi connectivity index (χ0) is 33.5. The van der Waals surface area contributed by atoms with Crippen molar-refractivity contribution in [1.29, 1.82) is 0 Å². The molecule has 5 aromatic rings. The maximum absolute atomic E-state index is 16.0. The van der Waals surface area contributed by atoms with Crippen LogP contribution in [-0.2, 0) is 21.5 Å². The Hall–Kier alpha value is -4.52. The van der Waals surface area contributed by atoms with E-state index in [-0.39, 0.29) is 35.8 Å². The van der Waals surface area contributed by atoms with Gasteiger partial charge in [0.2, 0.25) is 5.91 Å². The van der Waals surface area contributed by atoms with E-state index < -0.39 is 17.7 Å². The van der Waals surface area contributed by atoms with Crippen molar-refractivity contribution in [2.45, 2.75) is 38.8 Å². The quantitative estimate of drug-likeness (QED) is 0.126. The summed E-state index contributed by atoms with van der Waals surface area (Å²) >= 11 is 1.41. The first-order valence-electron chi connectivity index (χ1n) is 15.2. The van der Waals surface area contributed by atoms with Gasteiger partial charge in [0.05, 0.1) is 35.3 Å². The molecule has 0 saturated heterocycles. The number of likely N-dealkylation sites (N-methyl/N-ethyl adjacent to an activating group) is 1. The molecule has 9 nitrogen and oxygen atoms in total. The molecule has 0 fully saturated rings. The van der Waals surface area contributed by atoms with Crippen molar-refractivity contribution < 1.29 is 23.0 Å². The average Bonchev–Trinajstić information content (AvgIpc) is 3.71. The summed E-state index contributed by atoms with van der Waals surface area (Å²) < 4.78 is 42.3. The number of benzene rings is 1. The maximum atomic E-state index is 16.0. The SMILES string of the molecule is C=CC(=O)NC(C)c1cc(-c2nc(-c3cnc4c(c3)CN(C)CC4(C)C)c3ccsc3c2-c2c(F)cc(F)cc2OCCOC)n[nH]1. The van der Waals surface area contributed by atoms with Crippen molar-refractivity contribution in [2.24, 2.45) is 0 Å². The number of rotatable bonds is 10. The maximum Gasteiger partial charge on any atom is 0.243 e. The van der Waals surface area contributed by atoms with Crippen LogP contribution in [0.1, 0.15) is 43.8 Å². The van der Waals surface area contributed by atoms with Gasteiger partial charge in [-0.3, -0.25) is 14.9 Å². The summed E-state index contributed by atoms with van der Waals surface area (Å²) in [5, 5.41) is 13.1. The predicted octanol–water partition coefficient (Wildman–Crippen LogP) is 6.81. The van der Waals surface area contributed by atoms with Crippen LogP contribution in [0.15, 0.2) is 54.6 Å². The molecular weight excluding hydrogens is 622 g/mol. The van der Waals surface area contributed by atoms with Crippen molar-refractivity contribution in [3.05, 3.63) is 83.1 Å². The van der Waals surface area contributed by atoms with Crippen LogP contribution in [0.25, 0.3) is 43.9 Å². The topological polar surface area (TPSA) is 105 Å². The molecule has 12 heteroatoms. The van der Waals surface area contributed by atoms with Crippen molar-refractivity contribution in [3.63, 3.8) is 0 Å². The summed E-state index contributed by atoms with van der Waals surface area (Å²) in [5.41, 5.74) is 5.36. The highest BCUT2D eigenvalue weighted by Gasteiger charge is 2.33. The number of amides is 1. The summed E-state index contributed by atoms with van der Waals surface area (Å²) in [4.78, 5) is 24.4. The monoisotopic (exact) mass is 658 g/mol. The summed E-state index contributed by atoms with van der Waals surface area (Å²) in [6.45, 7) is 11.6. The number of aromatic amines is 1. The average molecular weight is 659 g/mol. The molecule has 4 aromatic heterocycles. The van der Waals surface area contributed by atoms with Gasteiger partial charge < -0.3 is 19.7 Å². The highest BCUT2D eigenvalue weighted by atomic mass is 32.1. The Bertz CT molecular complexity index is 1990. The Morgan fingerprint density at radius 3 is 2.79 bits per heavy atom. The second-order valence-electron chi connectivity index (χ2n) is 12.4. The molecule has 1 aliphatic heterocycles. The normalized spacial score (nSPS) is 15.0. The molecule has 5 heterocycles. The Morgan fingerprint density at radius 1 is 1.21 bits per heavy atom. The molecule has 0 spiro atoms. The number of carbonyl (C=O) groups is 1. The minimum atomic E-state index is -0.800. The van der Waals surface area contributed by atoms with Gasteiger partial charge in [0.15, 0.2) is 0 Å². The van der Waals surface area contributed by atoms with E-state index in [9.17, 15) is 9.18 Å². The standard InChI is InChI=1S/C35H36F2N6O3S/c1-7-28(44)39-19(2)25-15-26(42-41-25)32-30(29-24(37)13-22(36)14-27(29)46-10-9-45-6)33-23(8-11-47-33)31(40-32)20-12-21-17-43(5)18-35(3,4)34(21)38-16-20/h7-8,11-16,19H,1,9-10,17-18H2,2-6H3,(H,39,44)(H,41,42). The summed E-state index contributed by atoms with van der Waals surface area (Å²) in [6.07, 6.45) is 3.04. The predicted molar refractivity (Wildman–Crippen MR) is 179 cm³/mol. The van der Waals surface area contributed by atoms with Gasteiger partial charge in [-0.25, -0.2) is 13.8 Å². The third-order valence-electron chi connectivity index (χ3n) is 8.26. The first-order chi connectivity index (χ1) is 22.5. The highest BCUT2D eigenvalue weighted by molar-refractivity contribution is 7.18. The fourth-order valence-corrected chi connectivity index (χ4v) is 7.25. The zero-order valence-corrected chi connectivity index (χ0v) is 27.7. The van der Waals surface area contributed by atoms with Crippen molar-refractivity contribution in [1.82, 2.24) is 30.4 Å². The van der Waals surface area contributed by atoms with E-state index >= 15 is 4.39 Å². The molecule has 0 bridgehead atoms. The Kier molecular flexibility index (Phi) is 8.93. The summed E-state index contributed by atoms with van der Waals surface area (Å²) in [7, 11) is 3.62. The molecule has 0 radical (unpaired) electrons. The molecule has 0 aliphatic carbocycles. The first kappa shape index (κ1) is 32.4. The van der Waals surface area contributed by atoms with Crippen LogP contribution in [0, 0.1) is 11.6 Å². The van der Waals surface area contributed by atoms with E-state index in [1.165, 1.54) is 30.6 Å². The van der Waals surface area contributed by atoms with Crippen LogP contribution in [0.2, 0.25) is 0 Å². The number of nitrogens with one attached hydrogen (secondary N) is 2. The number of aromatic nitrogens is 4. The lowest BCUT2D eigenvalue weighted by atomic mass is 9.82. The second kappa shape index (κ2) is 12.9. The van der Waals surface area contributed by atoms with E-state index in [2.05, 4.69) is 54.0 Å². The number of nitrogens with zero attached hydrogens (tertiary/aromatic N) is 4. The van der Waals surface area contributed by atoms with E-state index in [1.54, 1.807) is 13.0 Å². The number of halogens is 2. The lowest BCUT2D eigenvalue weighted by molar-refractivity contribution is -0.117. The lowest BCUT2D eigenvalue weighted by Gasteiger charge is -2.37. The van der Waals surface area contributed by atoms with Crippen LogP contribution in [0.4, 0.5) is 8.78 Å². The molecule has 6 rings (SSSR count). The van der Waals surface area contributed by atoms with Crippen LogP contribution >= 0.6 is 11.3 Å². The number of pyridine rings is 2. The van der Waals surface area contributed by atoms with Crippen LogP contribution in [0.3, 0.4) is 0 Å². The molecular formula is C35H36F2N6O3S. The summed E-state index contributed by atoms with van der Waals surface area (Å²) in [6, 6.07) is 7.41. The Balaban J connectivity index is 1.60. The largest absolute Gasteiger partial charge is 0.490 e. The van der Waals surface area contributed by atoms with Gasteiger partial charge in [0.25, 0.3) is 0 Å². The van der Waals surface area contributed by atoms with E-state index in [4.69, 9.17) is 19.4 Å². The lowest BCUT2D eigenvalue weighted by Crippen LogP contribution is -2.40. The van der Waals surface area contributed by atoms with Crippen molar-refractivity contribution in [2.75, 3.05) is 33.9 Å². The molecule has 1 amide bonds. The number of hydrogen-bond acceptors (Lipinski definition) is 8. The number of methoxy groups -OCH3 is 1. The third-order valence-corrected chi connectivity index (χ3v) is 9.19. The number of hydrogen-bond donors (Lipinski definition) is 2. The molecule has 1 aliphatic rings. The fourth-order valence-electron chi connectivity index (χ4n) is 6.30. The van der Waals surface area contributed by atoms with Crippen LogP contribution in [0.5, 0.6) is 5.75 Å². The molecule has 1 aromatic carbocycles. The van der Waals surface area contributed by atoms with Gasteiger partial charge in [-0.2, -0.15) is 5.10 Å². The van der Waals surface area contributed by atoms with Gasteiger partial charge in [-0.05, 0) is 49.2 Å². The number of ether oxygens (including phenoxy) is 2. The number of thiophene rings is 1. The zero-order valence-electron chi connectivity index (χ0n) is 26.9. The van der Waals surface area contributed by atoms with Crippen LogP contribution in [-0.4, -0.2) is 64.9 Å². The molecule has 0 saturated carbocycles. The van der Waals surface area contributed by atoms with E-state index in [0.717, 1.165) is 46.1 Å². The number of fused-ring (bicyclic) bond motifs is 2. The second-order valence-corrected chi connectivity index (χ2v) is 13.3. The molecule has 1 atom stereocenters. The molecule has 2 N–H and O–H groups in total. The number of carbonyl (C=O) groups excluding carboxylic acids is 1. The summed E-state index contributed by atoms with van der Waals surface area (Å²) in [5.74, 6) is -1.89. The first-order valence-corrected chi connectivity index (χ1v) is 16.1. The van der Waals surface area contributed by atoms with Gasteiger partial charge in [0, 0.05) is 65.2 Å². The Labute approximate surface area is 275 Å². The third kappa shape index (κ3) is 6.28. The van der Waals surface area contributed by atoms with Crippen LogP contribution < -0.4 is 10.1 Å². The highest BCUT2D eigenvalue weighted by Crippen LogP contribution is 2.47. The molecule has 244 valence electrons. The van der Waals surface area contributed by atoms with Crippen molar-refractivity contribution >= 4 is 27.3 Å². The molecule has 47 heavy (non-hydrogen) atoms. The minimum absolute atomic E-state index is 0.0214. The molecule has 1 unspecified atom stereocenters.